The van der Waals surface area contributed by atoms with Crippen molar-refractivity contribution in [1.29, 1.82) is 0 Å². The standard InChI is InChI=1S/C15H12Cl2N2O4S/c1-8-15(20)18-12-6-11(17)14(7-13(12)23-8)24(21,22)19-10-4-2-3-9(16)5-10/h2-8,19H,1H3,(H,18,20). The van der Waals surface area contributed by atoms with Crippen LogP contribution in [0.3, 0.4) is 0 Å². The number of benzene rings is 2. The number of hydrogen-bond donors (Lipinski definition) is 2. The Kier molecular flexibility index (Phi) is 4.33. The lowest BCUT2D eigenvalue weighted by Crippen LogP contribution is -2.34. The van der Waals surface area contributed by atoms with E-state index >= 15 is 0 Å². The molecule has 0 saturated carbocycles. The number of anilines is 2. The van der Waals surface area contributed by atoms with Gasteiger partial charge in [0.2, 0.25) is 0 Å². The molecule has 0 saturated heterocycles. The van der Waals surface area contributed by atoms with Gasteiger partial charge in [-0.05, 0) is 31.2 Å². The van der Waals surface area contributed by atoms with E-state index < -0.39 is 16.1 Å². The molecule has 2 aromatic rings. The normalized spacial score (nSPS) is 16.8. The van der Waals surface area contributed by atoms with E-state index in [4.69, 9.17) is 27.9 Å². The highest BCUT2D eigenvalue weighted by molar-refractivity contribution is 7.92. The largest absolute Gasteiger partial charge is 0.479 e. The van der Waals surface area contributed by atoms with Gasteiger partial charge in [0.1, 0.15) is 10.6 Å². The summed E-state index contributed by atoms with van der Waals surface area (Å²) in [5.41, 5.74) is 0.628. The molecule has 0 aliphatic carbocycles. The fraction of sp³-hybridized carbons (Fsp3) is 0.133. The fourth-order valence-electron chi connectivity index (χ4n) is 2.18. The molecule has 1 heterocycles. The fourth-order valence-corrected chi connectivity index (χ4v) is 3.96. The summed E-state index contributed by atoms with van der Waals surface area (Å²) in [6.45, 7) is 1.56. The number of ether oxygens (including phenoxy) is 1. The van der Waals surface area contributed by atoms with Crippen LogP contribution >= 0.6 is 23.2 Å². The van der Waals surface area contributed by atoms with Crippen molar-refractivity contribution >= 4 is 50.5 Å². The predicted molar refractivity (Wildman–Crippen MR) is 92.4 cm³/mol. The zero-order valence-corrected chi connectivity index (χ0v) is 14.7. The van der Waals surface area contributed by atoms with Gasteiger partial charge in [0, 0.05) is 11.1 Å². The van der Waals surface area contributed by atoms with Crippen molar-refractivity contribution in [3.05, 3.63) is 46.4 Å². The van der Waals surface area contributed by atoms with Gasteiger partial charge in [-0.2, -0.15) is 0 Å². The molecule has 0 fully saturated rings. The Labute approximate surface area is 148 Å². The summed E-state index contributed by atoms with van der Waals surface area (Å²) in [4.78, 5) is 11.4. The molecule has 0 radical (unpaired) electrons. The summed E-state index contributed by atoms with van der Waals surface area (Å²) < 4.78 is 33.0. The average molecular weight is 387 g/mol. The van der Waals surface area contributed by atoms with Gasteiger partial charge in [-0.3, -0.25) is 9.52 Å². The van der Waals surface area contributed by atoms with Gasteiger partial charge in [0.25, 0.3) is 15.9 Å². The van der Waals surface area contributed by atoms with E-state index in [1.54, 1.807) is 25.1 Å². The second-order valence-corrected chi connectivity index (χ2v) is 7.64. The van der Waals surface area contributed by atoms with Crippen molar-refractivity contribution in [3.8, 4) is 5.75 Å². The van der Waals surface area contributed by atoms with Crippen LogP contribution < -0.4 is 14.8 Å². The molecular weight excluding hydrogens is 375 g/mol. The minimum atomic E-state index is -3.96. The Hall–Kier alpha value is -1.96. The zero-order chi connectivity index (χ0) is 17.5. The van der Waals surface area contributed by atoms with Gasteiger partial charge < -0.3 is 10.1 Å². The highest BCUT2D eigenvalue weighted by atomic mass is 35.5. The first-order chi connectivity index (χ1) is 11.3. The molecule has 0 bridgehead atoms. The second kappa shape index (κ2) is 6.16. The molecule has 1 aliphatic heterocycles. The van der Waals surface area contributed by atoms with Crippen LogP contribution in [0.4, 0.5) is 11.4 Å². The summed E-state index contributed by atoms with van der Waals surface area (Å²) in [5, 5.41) is 2.96. The van der Waals surface area contributed by atoms with Gasteiger partial charge in [0.05, 0.1) is 16.4 Å². The summed E-state index contributed by atoms with van der Waals surface area (Å²) >= 11 is 11.9. The minimum absolute atomic E-state index is 0.0401. The summed E-state index contributed by atoms with van der Waals surface area (Å²) in [7, 11) is -3.96. The number of nitrogens with one attached hydrogen (secondary N) is 2. The molecule has 2 aromatic carbocycles. The van der Waals surface area contributed by atoms with Gasteiger partial charge >= 0.3 is 0 Å². The van der Waals surface area contributed by atoms with Crippen LogP contribution in [-0.2, 0) is 14.8 Å². The SMILES string of the molecule is CC1Oc2cc(S(=O)(=O)Nc3cccc(Cl)c3)c(Cl)cc2NC1=O. The summed E-state index contributed by atoms with van der Waals surface area (Å²) in [5.74, 6) is -0.0933. The maximum Gasteiger partial charge on any atom is 0.265 e. The molecule has 0 aromatic heterocycles. The summed E-state index contributed by atoms with van der Waals surface area (Å²) in [6, 6.07) is 8.91. The third-order valence-electron chi connectivity index (χ3n) is 3.33. The van der Waals surface area contributed by atoms with E-state index in [1.807, 2.05) is 0 Å². The lowest BCUT2D eigenvalue weighted by Gasteiger charge is -2.24. The third-order valence-corrected chi connectivity index (χ3v) is 5.41. The number of carbonyl (C=O) groups excluding carboxylic acids is 1. The Morgan fingerprint density at radius 2 is 1.96 bits per heavy atom. The molecule has 1 unspecified atom stereocenters. The molecule has 24 heavy (non-hydrogen) atoms. The Bertz CT molecular complexity index is 931. The predicted octanol–water partition coefficient (Wildman–Crippen LogP) is 3.51. The van der Waals surface area contributed by atoms with E-state index in [0.29, 0.717) is 16.4 Å². The first-order valence-corrected chi connectivity index (χ1v) is 9.09. The zero-order valence-electron chi connectivity index (χ0n) is 12.3. The number of halogens is 2. The highest BCUT2D eigenvalue weighted by Gasteiger charge is 2.28. The molecule has 126 valence electrons. The van der Waals surface area contributed by atoms with E-state index in [1.165, 1.54) is 18.2 Å². The number of amides is 1. The van der Waals surface area contributed by atoms with Crippen LogP contribution in [0.1, 0.15) is 6.92 Å². The van der Waals surface area contributed by atoms with Gasteiger partial charge in [-0.15, -0.1) is 0 Å². The Balaban J connectivity index is 1.99. The van der Waals surface area contributed by atoms with E-state index in [0.717, 1.165) is 0 Å². The number of carbonyl (C=O) groups is 1. The maximum absolute atomic E-state index is 12.6. The van der Waals surface area contributed by atoms with Crippen LogP contribution in [0.25, 0.3) is 0 Å². The van der Waals surface area contributed by atoms with Crippen molar-refractivity contribution in [3.63, 3.8) is 0 Å². The Morgan fingerprint density at radius 1 is 1.21 bits per heavy atom. The van der Waals surface area contributed by atoms with Crippen LogP contribution in [0.5, 0.6) is 5.75 Å². The number of hydrogen-bond acceptors (Lipinski definition) is 4. The van der Waals surface area contributed by atoms with E-state index in [-0.39, 0.29) is 21.6 Å². The molecular formula is C15H12Cl2N2O4S. The first kappa shape index (κ1) is 16.9. The molecule has 6 nitrogen and oxygen atoms in total. The number of fused-ring (bicyclic) bond motifs is 1. The minimum Gasteiger partial charge on any atom is -0.479 e. The van der Waals surface area contributed by atoms with E-state index in [2.05, 4.69) is 10.0 Å². The Morgan fingerprint density at radius 3 is 2.67 bits per heavy atom. The second-order valence-electron chi connectivity index (χ2n) is 5.14. The summed E-state index contributed by atoms with van der Waals surface area (Å²) in [6.07, 6.45) is -0.727. The van der Waals surface area contributed by atoms with Crippen molar-refractivity contribution < 1.29 is 17.9 Å². The topological polar surface area (TPSA) is 84.5 Å². The molecule has 1 amide bonds. The van der Waals surface area contributed by atoms with Crippen LogP contribution in [0, 0.1) is 0 Å². The first-order valence-electron chi connectivity index (χ1n) is 6.86. The third kappa shape index (κ3) is 3.28. The molecule has 0 spiro atoms. The molecule has 9 heteroatoms. The number of sulfonamides is 1. The lowest BCUT2D eigenvalue weighted by molar-refractivity contribution is -0.122. The molecule has 2 N–H and O–H groups in total. The van der Waals surface area contributed by atoms with Crippen molar-refractivity contribution in [2.45, 2.75) is 17.9 Å². The lowest BCUT2D eigenvalue weighted by atomic mass is 10.2. The van der Waals surface area contributed by atoms with Gasteiger partial charge in [-0.1, -0.05) is 29.3 Å². The smallest absolute Gasteiger partial charge is 0.265 e. The molecule has 1 aliphatic rings. The molecule has 3 rings (SSSR count). The van der Waals surface area contributed by atoms with E-state index in [9.17, 15) is 13.2 Å². The van der Waals surface area contributed by atoms with Crippen molar-refractivity contribution in [2.24, 2.45) is 0 Å². The van der Waals surface area contributed by atoms with Crippen molar-refractivity contribution in [2.75, 3.05) is 10.0 Å². The van der Waals surface area contributed by atoms with Crippen LogP contribution in [0.15, 0.2) is 41.3 Å². The molecule has 1 atom stereocenters. The van der Waals surface area contributed by atoms with Gasteiger partial charge in [0.15, 0.2) is 6.10 Å². The monoisotopic (exact) mass is 386 g/mol. The van der Waals surface area contributed by atoms with Crippen LogP contribution in [-0.4, -0.2) is 20.4 Å². The average Bonchev–Trinajstić information content (AvgIpc) is 2.48. The highest BCUT2D eigenvalue weighted by Crippen LogP contribution is 2.37. The quantitative estimate of drug-likeness (QED) is 0.844. The van der Waals surface area contributed by atoms with Gasteiger partial charge in [-0.25, -0.2) is 8.42 Å². The van der Waals surface area contributed by atoms with Crippen LogP contribution in [0.2, 0.25) is 10.0 Å². The number of rotatable bonds is 3. The van der Waals surface area contributed by atoms with Crippen molar-refractivity contribution in [1.82, 2.24) is 0 Å². The maximum atomic E-state index is 12.6.